The first-order valence-electron chi connectivity index (χ1n) is 7.48. The maximum absolute atomic E-state index is 12.1. The van der Waals surface area contributed by atoms with Crippen LogP contribution in [-0.2, 0) is 20.2 Å². The van der Waals surface area contributed by atoms with Crippen molar-refractivity contribution in [3.63, 3.8) is 0 Å². The van der Waals surface area contributed by atoms with Crippen molar-refractivity contribution in [3.8, 4) is 0 Å². The van der Waals surface area contributed by atoms with E-state index in [9.17, 15) is 25.9 Å². The fraction of sp³-hybridized carbons (Fsp3) is 1.00. The Morgan fingerprint density at radius 3 is 1.19 bits per heavy atom. The van der Waals surface area contributed by atoms with Crippen molar-refractivity contribution in [2.45, 2.75) is 70.3 Å². The maximum atomic E-state index is 12.1. The van der Waals surface area contributed by atoms with Crippen molar-refractivity contribution < 1.29 is 25.9 Å². The molecule has 8 heteroatoms. The molecule has 21 heavy (non-hydrogen) atoms. The topological polar surface area (TPSA) is 109 Å². The van der Waals surface area contributed by atoms with Gasteiger partial charge in [0, 0.05) is 0 Å². The lowest BCUT2D eigenvalue weighted by molar-refractivity contribution is 0.250. The van der Waals surface area contributed by atoms with Crippen LogP contribution >= 0.6 is 0 Å². The van der Waals surface area contributed by atoms with Gasteiger partial charge in [0.1, 0.15) is 0 Å². The number of rotatable bonds is 10. The van der Waals surface area contributed by atoms with Gasteiger partial charge in [-0.3, -0.25) is 9.11 Å². The quantitative estimate of drug-likeness (QED) is 0.589. The molecule has 0 aliphatic heterocycles. The molecule has 0 aromatic carbocycles. The van der Waals surface area contributed by atoms with Crippen molar-refractivity contribution >= 4 is 20.2 Å². The summed E-state index contributed by atoms with van der Waals surface area (Å²) in [4.78, 5) is 0. The van der Waals surface area contributed by atoms with Gasteiger partial charge in [-0.1, -0.05) is 53.4 Å². The molecule has 128 valence electrons. The molecule has 2 unspecified atom stereocenters. The lowest BCUT2D eigenvalue weighted by Gasteiger charge is -2.40. The van der Waals surface area contributed by atoms with Crippen LogP contribution < -0.4 is 0 Å². The second kappa shape index (κ2) is 7.89. The molecule has 0 bridgehead atoms. The smallest absolute Gasteiger partial charge is 0.284 e. The Kier molecular flexibility index (Phi) is 7.83. The van der Waals surface area contributed by atoms with Crippen LogP contribution in [0.25, 0.3) is 0 Å². The van der Waals surface area contributed by atoms with Gasteiger partial charge in [-0.05, 0) is 24.7 Å². The summed E-state index contributed by atoms with van der Waals surface area (Å²) < 4.78 is 65.2. The second-order valence-electron chi connectivity index (χ2n) is 5.46. The lowest BCUT2D eigenvalue weighted by Crippen LogP contribution is -2.57. The van der Waals surface area contributed by atoms with Gasteiger partial charge in [-0.15, -0.1) is 0 Å². The van der Waals surface area contributed by atoms with Crippen LogP contribution in [0.1, 0.15) is 66.2 Å². The summed E-state index contributed by atoms with van der Waals surface area (Å²) in [6, 6.07) is 0. The third-order valence-corrected chi connectivity index (χ3v) is 8.41. The molecule has 0 saturated carbocycles. The van der Waals surface area contributed by atoms with Gasteiger partial charge >= 0.3 is 0 Å². The predicted octanol–water partition coefficient (Wildman–Crippen LogP) is 3.11. The van der Waals surface area contributed by atoms with E-state index in [4.69, 9.17) is 0 Å². The number of hydrogen-bond donors (Lipinski definition) is 2. The third-order valence-electron chi connectivity index (χ3n) is 4.20. The summed E-state index contributed by atoms with van der Waals surface area (Å²) in [7, 11) is -9.98. The summed E-state index contributed by atoms with van der Waals surface area (Å²) in [5, 5.41) is 0. The minimum absolute atomic E-state index is 0.244. The zero-order chi connectivity index (χ0) is 16.9. The molecular formula is C13H28O6S2. The van der Waals surface area contributed by atoms with E-state index in [1.807, 2.05) is 13.8 Å². The Morgan fingerprint density at radius 2 is 1.05 bits per heavy atom. The average Bonchev–Trinajstić information content (AvgIpc) is 2.33. The average molecular weight is 344 g/mol. The van der Waals surface area contributed by atoms with Gasteiger partial charge in [0.25, 0.3) is 20.2 Å². The minimum atomic E-state index is -4.99. The van der Waals surface area contributed by atoms with Crippen LogP contribution in [0.2, 0.25) is 0 Å². The molecule has 2 N–H and O–H groups in total. The SMILES string of the molecule is CCCC(CC)C(C(CC)CCC)(S(=O)(=O)O)S(=O)(=O)O. The molecule has 0 rings (SSSR count). The molecule has 0 aliphatic carbocycles. The first kappa shape index (κ1) is 20.8. The maximum Gasteiger partial charge on any atom is 0.288 e. The van der Waals surface area contributed by atoms with Crippen LogP contribution in [0.5, 0.6) is 0 Å². The summed E-state index contributed by atoms with van der Waals surface area (Å²) in [5.41, 5.74) is 0. The monoisotopic (exact) mass is 344 g/mol. The zero-order valence-corrected chi connectivity index (χ0v) is 14.9. The van der Waals surface area contributed by atoms with Crippen molar-refractivity contribution in [2.75, 3.05) is 0 Å². The van der Waals surface area contributed by atoms with E-state index in [-0.39, 0.29) is 12.8 Å². The van der Waals surface area contributed by atoms with Gasteiger partial charge in [0.15, 0.2) is 0 Å². The Balaban J connectivity index is 6.53. The van der Waals surface area contributed by atoms with E-state index >= 15 is 0 Å². The summed E-state index contributed by atoms with van der Waals surface area (Å²) >= 11 is 0. The highest BCUT2D eigenvalue weighted by Gasteiger charge is 2.62. The molecule has 0 amide bonds. The highest BCUT2D eigenvalue weighted by atomic mass is 32.3. The second-order valence-corrected chi connectivity index (χ2v) is 8.97. The first-order valence-corrected chi connectivity index (χ1v) is 10.4. The van der Waals surface area contributed by atoms with Gasteiger partial charge in [-0.2, -0.15) is 16.8 Å². The van der Waals surface area contributed by atoms with Gasteiger partial charge in [0.05, 0.1) is 0 Å². The van der Waals surface area contributed by atoms with Crippen LogP contribution in [0, 0.1) is 11.8 Å². The molecule has 0 aromatic heterocycles. The Morgan fingerprint density at radius 1 is 0.762 bits per heavy atom. The van der Waals surface area contributed by atoms with E-state index in [1.54, 1.807) is 13.8 Å². The van der Waals surface area contributed by atoms with Crippen LogP contribution in [-0.4, -0.2) is 30.0 Å². The van der Waals surface area contributed by atoms with E-state index < -0.39 is 36.2 Å². The standard InChI is InChI=1S/C13H28O6S2/c1-5-9-11(7-3)13(20(14,15)16,21(17,18)19)12(8-4)10-6-2/h11-12H,5-10H2,1-4H3,(H,14,15,16)(H,17,18,19). The number of hydrogen-bond acceptors (Lipinski definition) is 4. The summed E-state index contributed by atoms with van der Waals surface area (Å²) in [5.74, 6) is -1.69. The van der Waals surface area contributed by atoms with Crippen molar-refractivity contribution in [1.29, 1.82) is 0 Å². The third kappa shape index (κ3) is 3.97. The Bertz CT molecular complexity index is 461. The molecule has 6 nitrogen and oxygen atoms in total. The van der Waals surface area contributed by atoms with Gasteiger partial charge in [0.2, 0.25) is 4.08 Å². The fourth-order valence-electron chi connectivity index (χ4n) is 3.39. The summed E-state index contributed by atoms with van der Waals surface area (Å²) in [6.07, 6.45) is 2.22. The van der Waals surface area contributed by atoms with Crippen molar-refractivity contribution in [3.05, 3.63) is 0 Å². The van der Waals surface area contributed by atoms with E-state index in [0.29, 0.717) is 25.7 Å². The normalized spacial score (nSPS) is 16.7. The lowest BCUT2D eigenvalue weighted by atomic mass is 9.84. The molecule has 0 aromatic rings. The predicted molar refractivity (Wildman–Crippen MR) is 83.2 cm³/mol. The highest BCUT2D eigenvalue weighted by Crippen LogP contribution is 2.46. The largest absolute Gasteiger partial charge is 0.288 e. The Hall–Kier alpha value is -0.180. The van der Waals surface area contributed by atoms with Gasteiger partial charge in [-0.25, -0.2) is 0 Å². The van der Waals surface area contributed by atoms with Crippen LogP contribution in [0.15, 0.2) is 0 Å². The zero-order valence-electron chi connectivity index (χ0n) is 13.2. The molecule has 0 radical (unpaired) electrons. The highest BCUT2D eigenvalue weighted by molar-refractivity contribution is 8.05. The van der Waals surface area contributed by atoms with E-state index in [1.165, 1.54) is 0 Å². The van der Waals surface area contributed by atoms with Gasteiger partial charge < -0.3 is 0 Å². The molecule has 0 fully saturated rings. The minimum Gasteiger partial charge on any atom is -0.284 e. The molecule has 0 spiro atoms. The summed E-state index contributed by atoms with van der Waals surface area (Å²) in [6.45, 7) is 6.96. The molecular weight excluding hydrogens is 316 g/mol. The van der Waals surface area contributed by atoms with E-state index in [0.717, 1.165) is 0 Å². The molecule has 2 atom stereocenters. The fourth-order valence-corrected chi connectivity index (χ4v) is 7.27. The molecule has 0 saturated heterocycles. The van der Waals surface area contributed by atoms with Crippen molar-refractivity contribution in [2.24, 2.45) is 11.8 Å². The molecule has 0 aliphatic rings. The Labute approximate surface area is 128 Å². The molecule has 0 heterocycles. The van der Waals surface area contributed by atoms with Crippen LogP contribution in [0.4, 0.5) is 0 Å². The first-order chi connectivity index (χ1) is 9.54. The van der Waals surface area contributed by atoms with Crippen molar-refractivity contribution in [1.82, 2.24) is 0 Å². The van der Waals surface area contributed by atoms with Crippen LogP contribution in [0.3, 0.4) is 0 Å². The van der Waals surface area contributed by atoms with E-state index in [2.05, 4.69) is 0 Å².